The quantitative estimate of drug-likeness (QED) is 0.656. The maximum Gasteiger partial charge on any atom is 0.261 e. The van der Waals surface area contributed by atoms with Gasteiger partial charge in [0.25, 0.3) is 11.8 Å². The molecule has 2 aliphatic heterocycles. The number of imide groups is 1. The van der Waals surface area contributed by atoms with Gasteiger partial charge in [0.1, 0.15) is 11.9 Å². The van der Waals surface area contributed by atoms with Crippen molar-refractivity contribution >= 4 is 17.5 Å². The molecule has 6 nitrogen and oxygen atoms in total. The highest BCUT2D eigenvalue weighted by molar-refractivity contribution is 6.21. The molecule has 0 aromatic heterocycles. The van der Waals surface area contributed by atoms with Crippen molar-refractivity contribution in [2.24, 2.45) is 0 Å². The number of benzene rings is 2. The van der Waals surface area contributed by atoms with Crippen LogP contribution < -0.4 is 9.64 Å². The number of piperazine rings is 1. The van der Waals surface area contributed by atoms with Crippen LogP contribution in [0.4, 0.5) is 10.1 Å². The SMILES string of the molecule is COc1ccccc1N1CCN(CC(F)CCN2C(=O)c3ccccc3C2=O)CC1. The number of hydrogen-bond acceptors (Lipinski definition) is 5. The van der Waals surface area contributed by atoms with Gasteiger partial charge in [0.15, 0.2) is 0 Å². The number of anilines is 1. The Bertz CT molecular complexity index is 892. The average molecular weight is 411 g/mol. The number of methoxy groups -OCH3 is 1. The smallest absolute Gasteiger partial charge is 0.261 e. The Balaban J connectivity index is 1.25. The first-order chi connectivity index (χ1) is 14.6. The molecule has 4 rings (SSSR count). The maximum absolute atomic E-state index is 14.6. The third kappa shape index (κ3) is 4.03. The van der Waals surface area contributed by atoms with Crippen molar-refractivity contribution in [1.29, 1.82) is 0 Å². The molecule has 0 radical (unpaired) electrons. The number of para-hydroxylation sites is 2. The Labute approximate surface area is 175 Å². The lowest BCUT2D eigenvalue weighted by atomic mass is 10.1. The van der Waals surface area contributed by atoms with Gasteiger partial charge in [-0.2, -0.15) is 0 Å². The molecule has 0 N–H and O–H groups in total. The number of halogens is 1. The summed E-state index contributed by atoms with van der Waals surface area (Å²) in [5, 5.41) is 0. The monoisotopic (exact) mass is 411 g/mol. The summed E-state index contributed by atoms with van der Waals surface area (Å²) < 4.78 is 20.1. The van der Waals surface area contributed by atoms with E-state index < -0.39 is 6.17 Å². The van der Waals surface area contributed by atoms with Crippen LogP contribution in [0.25, 0.3) is 0 Å². The minimum atomic E-state index is -1.09. The van der Waals surface area contributed by atoms with E-state index in [0.29, 0.717) is 17.7 Å². The van der Waals surface area contributed by atoms with Gasteiger partial charge in [-0.3, -0.25) is 19.4 Å². The average Bonchev–Trinajstić information content (AvgIpc) is 3.03. The molecule has 0 aliphatic carbocycles. The number of rotatable bonds is 7. The van der Waals surface area contributed by atoms with E-state index >= 15 is 0 Å². The molecule has 7 heteroatoms. The zero-order chi connectivity index (χ0) is 21.1. The van der Waals surface area contributed by atoms with Gasteiger partial charge in [0.2, 0.25) is 0 Å². The molecule has 158 valence electrons. The standard InChI is InChI=1S/C23H26FN3O3/c1-30-21-9-5-4-8-20(21)26-14-12-25(13-15-26)16-17(24)10-11-27-22(28)18-6-2-3-7-19(18)23(27)29/h2-9,17H,10-16H2,1H3. The van der Waals surface area contributed by atoms with E-state index in [4.69, 9.17) is 4.74 Å². The van der Waals surface area contributed by atoms with Crippen molar-refractivity contribution in [3.63, 3.8) is 0 Å². The van der Waals surface area contributed by atoms with E-state index in [2.05, 4.69) is 9.80 Å². The number of amides is 2. The first-order valence-electron chi connectivity index (χ1n) is 10.3. The zero-order valence-electron chi connectivity index (χ0n) is 17.1. The predicted octanol–water partition coefficient (Wildman–Crippen LogP) is 2.84. The number of fused-ring (bicyclic) bond motifs is 1. The number of hydrogen-bond donors (Lipinski definition) is 0. The Morgan fingerprint density at radius 1 is 0.933 bits per heavy atom. The Morgan fingerprint density at radius 3 is 2.17 bits per heavy atom. The summed E-state index contributed by atoms with van der Waals surface area (Å²) in [5.74, 6) is 0.191. The van der Waals surface area contributed by atoms with Crippen LogP contribution >= 0.6 is 0 Å². The topological polar surface area (TPSA) is 53.1 Å². The minimum absolute atomic E-state index is 0.106. The van der Waals surface area contributed by atoms with Crippen LogP contribution in [0.5, 0.6) is 5.75 Å². The summed E-state index contributed by atoms with van der Waals surface area (Å²) in [6.07, 6.45) is -0.940. The van der Waals surface area contributed by atoms with Crippen molar-refractivity contribution < 1.29 is 18.7 Å². The molecule has 2 aromatic carbocycles. The normalized spacial score (nSPS) is 17.9. The Kier molecular flexibility index (Phi) is 5.99. The number of alkyl halides is 1. The van der Waals surface area contributed by atoms with Crippen LogP contribution in [0, 0.1) is 0 Å². The van der Waals surface area contributed by atoms with Crippen molar-refractivity contribution in [3.8, 4) is 5.75 Å². The lowest BCUT2D eigenvalue weighted by Gasteiger charge is -2.37. The second-order valence-corrected chi connectivity index (χ2v) is 7.65. The van der Waals surface area contributed by atoms with E-state index in [1.165, 1.54) is 0 Å². The molecule has 2 amide bonds. The molecular formula is C23H26FN3O3. The van der Waals surface area contributed by atoms with Gasteiger partial charge in [-0.1, -0.05) is 24.3 Å². The van der Waals surface area contributed by atoms with Crippen LogP contribution in [0.2, 0.25) is 0 Å². The Hall–Kier alpha value is -2.93. The maximum atomic E-state index is 14.6. The predicted molar refractivity (Wildman–Crippen MR) is 113 cm³/mol. The van der Waals surface area contributed by atoms with Gasteiger partial charge >= 0.3 is 0 Å². The third-order valence-corrected chi connectivity index (χ3v) is 5.80. The van der Waals surface area contributed by atoms with Crippen LogP contribution in [-0.2, 0) is 0 Å². The van der Waals surface area contributed by atoms with Gasteiger partial charge in [-0.15, -0.1) is 0 Å². The summed E-state index contributed by atoms with van der Waals surface area (Å²) in [6, 6.07) is 14.7. The number of carbonyl (C=O) groups excluding carboxylic acids is 2. The highest BCUT2D eigenvalue weighted by Gasteiger charge is 2.35. The molecule has 2 aromatic rings. The van der Waals surface area contributed by atoms with Crippen molar-refractivity contribution in [2.75, 3.05) is 51.3 Å². The van der Waals surface area contributed by atoms with E-state index in [1.807, 2.05) is 24.3 Å². The van der Waals surface area contributed by atoms with E-state index in [1.54, 1.807) is 31.4 Å². The molecule has 2 aliphatic rings. The van der Waals surface area contributed by atoms with Gasteiger partial charge in [-0.25, -0.2) is 4.39 Å². The van der Waals surface area contributed by atoms with Gasteiger partial charge in [-0.05, 0) is 30.7 Å². The molecule has 1 unspecified atom stereocenters. The van der Waals surface area contributed by atoms with E-state index in [0.717, 1.165) is 42.5 Å². The lowest BCUT2D eigenvalue weighted by Crippen LogP contribution is -2.48. The van der Waals surface area contributed by atoms with Crippen molar-refractivity contribution in [3.05, 3.63) is 59.7 Å². The summed E-state index contributed by atoms with van der Waals surface area (Å²) in [7, 11) is 1.66. The first kappa shape index (κ1) is 20.3. The molecule has 30 heavy (non-hydrogen) atoms. The number of nitrogens with zero attached hydrogens (tertiary/aromatic N) is 3. The highest BCUT2D eigenvalue weighted by atomic mass is 19.1. The molecule has 1 atom stereocenters. The third-order valence-electron chi connectivity index (χ3n) is 5.80. The number of ether oxygens (including phenoxy) is 1. The molecule has 1 fully saturated rings. The minimum Gasteiger partial charge on any atom is -0.495 e. The Morgan fingerprint density at radius 2 is 1.53 bits per heavy atom. The molecule has 0 bridgehead atoms. The summed E-state index contributed by atoms with van der Waals surface area (Å²) in [4.78, 5) is 30.3. The van der Waals surface area contributed by atoms with Crippen LogP contribution in [0.3, 0.4) is 0 Å². The summed E-state index contributed by atoms with van der Waals surface area (Å²) in [5.41, 5.74) is 1.87. The summed E-state index contributed by atoms with van der Waals surface area (Å²) in [6.45, 7) is 3.52. The van der Waals surface area contributed by atoms with Gasteiger partial charge < -0.3 is 9.64 Å². The highest BCUT2D eigenvalue weighted by Crippen LogP contribution is 2.28. The second-order valence-electron chi connectivity index (χ2n) is 7.65. The van der Waals surface area contributed by atoms with E-state index in [9.17, 15) is 14.0 Å². The van der Waals surface area contributed by atoms with Crippen LogP contribution in [-0.4, -0.2) is 74.2 Å². The largest absolute Gasteiger partial charge is 0.495 e. The number of carbonyl (C=O) groups is 2. The molecule has 2 heterocycles. The lowest BCUT2D eigenvalue weighted by molar-refractivity contribution is 0.0635. The molecule has 0 saturated carbocycles. The van der Waals surface area contributed by atoms with Gasteiger partial charge in [0, 0.05) is 39.3 Å². The fourth-order valence-electron chi connectivity index (χ4n) is 4.15. The fourth-order valence-corrected chi connectivity index (χ4v) is 4.15. The molecule has 1 saturated heterocycles. The summed E-state index contributed by atoms with van der Waals surface area (Å²) >= 11 is 0. The second kappa shape index (κ2) is 8.83. The van der Waals surface area contributed by atoms with Crippen molar-refractivity contribution in [2.45, 2.75) is 12.6 Å². The molecule has 0 spiro atoms. The first-order valence-corrected chi connectivity index (χ1v) is 10.3. The molecular weight excluding hydrogens is 385 g/mol. The van der Waals surface area contributed by atoms with Crippen LogP contribution in [0.15, 0.2) is 48.5 Å². The van der Waals surface area contributed by atoms with E-state index in [-0.39, 0.29) is 24.8 Å². The van der Waals surface area contributed by atoms with Crippen molar-refractivity contribution in [1.82, 2.24) is 9.80 Å². The zero-order valence-corrected chi connectivity index (χ0v) is 17.1. The fraction of sp³-hybridized carbons (Fsp3) is 0.391. The van der Waals surface area contributed by atoms with Gasteiger partial charge in [0.05, 0.1) is 23.9 Å². The van der Waals surface area contributed by atoms with Crippen LogP contribution in [0.1, 0.15) is 27.1 Å².